The molecule has 0 unspecified atom stereocenters. The van der Waals surface area contributed by atoms with Gasteiger partial charge in [0.1, 0.15) is 5.70 Å². The fraction of sp³-hybridized carbons (Fsp3) is 0.200. The van der Waals surface area contributed by atoms with Crippen molar-refractivity contribution in [3.05, 3.63) is 11.1 Å². The van der Waals surface area contributed by atoms with Gasteiger partial charge in [0.25, 0.3) is 5.91 Å². The monoisotopic (exact) mass is 142 g/mol. The van der Waals surface area contributed by atoms with Crippen LogP contribution in [0.3, 0.4) is 0 Å². The van der Waals surface area contributed by atoms with Crippen molar-refractivity contribution in [3.8, 4) is 0 Å². The van der Waals surface area contributed by atoms with E-state index in [2.05, 4.69) is 4.99 Å². The molecule has 0 atom stereocenters. The van der Waals surface area contributed by atoms with Gasteiger partial charge in [0, 0.05) is 17.4 Å². The molecule has 1 rings (SSSR count). The van der Waals surface area contributed by atoms with Crippen LogP contribution in [0.2, 0.25) is 0 Å². The predicted octanol–water partition coefficient (Wildman–Crippen LogP) is 0.131. The minimum Gasteiger partial charge on any atom is -0.364 e. The molecular formula is C5H6N2OS. The molecule has 1 aliphatic rings. The Hall–Kier alpha value is -0.770. The number of carbonyl (C=O) groups is 1. The van der Waals surface area contributed by atoms with Gasteiger partial charge in [0.15, 0.2) is 0 Å². The first kappa shape index (κ1) is 6.35. The second-order valence-corrected chi connectivity index (χ2v) is 2.41. The molecule has 0 aliphatic carbocycles. The summed E-state index contributed by atoms with van der Waals surface area (Å²) in [6.07, 6.45) is 1.67. The highest BCUT2D eigenvalue weighted by Crippen LogP contribution is 2.10. The Bertz CT molecular complexity index is 185. The van der Waals surface area contributed by atoms with Crippen LogP contribution >= 0.6 is 11.8 Å². The highest BCUT2D eigenvalue weighted by atomic mass is 32.2. The summed E-state index contributed by atoms with van der Waals surface area (Å²) in [5, 5.41) is 1.67. The molecule has 0 aromatic carbocycles. The maximum absolute atomic E-state index is 10.4. The number of hydrogen-bond acceptors (Lipinski definition) is 3. The topological polar surface area (TPSA) is 55.5 Å². The first-order valence-corrected chi connectivity index (χ1v) is 3.49. The summed E-state index contributed by atoms with van der Waals surface area (Å²) in [5.41, 5.74) is 5.29. The van der Waals surface area contributed by atoms with E-state index in [0.29, 0.717) is 5.70 Å². The Kier molecular flexibility index (Phi) is 1.89. The molecule has 0 aromatic heterocycles. The third kappa shape index (κ3) is 1.57. The van der Waals surface area contributed by atoms with E-state index in [-0.39, 0.29) is 0 Å². The van der Waals surface area contributed by atoms with Crippen LogP contribution in [0.25, 0.3) is 0 Å². The van der Waals surface area contributed by atoms with Crippen LogP contribution in [0, 0.1) is 0 Å². The number of hydrogen-bond donors (Lipinski definition) is 1. The number of rotatable bonds is 1. The quantitative estimate of drug-likeness (QED) is 0.565. The van der Waals surface area contributed by atoms with Crippen LogP contribution in [-0.4, -0.2) is 17.9 Å². The van der Waals surface area contributed by atoms with E-state index in [0.717, 1.165) is 5.75 Å². The van der Waals surface area contributed by atoms with Crippen LogP contribution in [0.4, 0.5) is 0 Å². The van der Waals surface area contributed by atoms with Gasteiger partial charge in [-0.1, -0.05) is 0 Å². The van der Waals surface area contributed by atoms with E-state index in [1.807, 2.05) is 0 Å². The summed E-state index contributed by atoms with van der Waals surface area (Å²) in [6, 6.07) is 0. The number of aliphatic imine (C=N–C) groups is 1. The highest BCUT2D eigenvalue weighted by Gasteiger charge is 2.03. The molecule has 0 radical (unpaired) electrons. The van der Waals surface area contributed by atoms with E-state index in [1.54, 1.807) is 11.6 Å². The maximum atomic E-state index is 10.4. The van der Waals surface area contributed by atoms with Crippen LogP contribution in [0.1, 0.15) is 0 Å². The molecule has 1 heterocycles. The van der Waals surface area contributed by atoms with Crippen molar-refractivity contribution in [1.82, 2.24) is 0 Å². The van der Waals surface area contributed by atoms with Crippen LogP contribution < -0.4 is 5.73 Å². The molecule has 3 nitrogen and oxygen atoms in total. The average Bonchev–Trinajstić information content (AvgIpc) is 1.90. The van der Waals surface area contributed by atoms with Crippen molar-refractivity contribution >= 4 is 23.9 Å². The first-order chi connectivity index (χ1) is 4.30. The summed E-state index contributed by atoms with van der Waals surface area (Å²) in [6.45, 7) is 0. The summed E-state index contributed by atoms with van der Waals surface area (Å²) >= 11 is 1.52. The number of amides is 1. The van der Waals surface area contributed by atoms with Gasteiger partial charge in [-0.2, -0.15) is 0 Å². The summed E-state index contributed by atoms with van der Waals surface area (Å²) in [4.78, 5) is 14.2. The smallest absolute Gasteiger partial charge is 0.267 e. The zero-order valence-electron chi connectivity index (χ0n) is 4.70. The molecule has 4 heteroatoms. The van der Waals surface area contributed by atoms with Crippen molar-refractivity contribution in [1.29, 1.82) is 0 Å². The standard InChI is InChI=1S/C5H6N2OS/c6-5(8)4-3-9-2-1-7-4/h1,3H,2H2,(H2,6,8). The molecule has 2 N–H and O–H groups in total. The predicted molar refractivity (Wildman–Crippen MR) is 38.2 cm³/mol. The minimum absolute atomic E-state index is 0.353. The normalized spacial score (nSPS) is 17.1. The molecule has 9 heavy (non-hydrogen) atoms. The van der Waals surface area contributed by atoms with Gasteiger partial charge in [0.05, 0.1) is 0 Å². The molecular weight excluding hydrogens is 136 g/mol. The second-order valence-electron chi connectivity index (χ2n) is 1.51. The van der Waals surface area contributed by atoms with Gasteiger partial charge in [-0.05, 0) is 0 Å². The largest absolute Gasteiger partial charge is 0.364 e. The molecule has 48 valence electrons. The van der Waals surface area contributed by atoms with Gasteiger partial charge in [-0.3, -0.25) is 9.79 Å². The van der Waals surface area contributed by atoms with E-state index in [4.69, 9.17) is 5.73 Å². The number of thioether (sulfide) groups is 1. The summed E-state index contributed by atoms with van der Waals surface area (Å²) in [7, 11) is 0. The maximum Gasteiger partial charge on any atom is 0.267 e. The minimum atomic E-state index is -0.460. The molecule has 1 aliphatic heterocycles. The van der Waals surface area contributed by atoms with E-state index < -0.39 is 5.91 Å². The van der Waals surface area contributed by atoms with Gasteiger partial charge in [-0.25, -0.2) is 0 Å². The zero-order valence-corrected chi connectivity index (χ0v) is 5.52. The lowest BCUT2D eigenvalue weighted by Gasteiger charge is -1.99. The SMILES string of the molecule is NC(=O)C1=CSCC=N1. The van der Waals surface area contributed by atoms with Crippen LogP contribution in [0.5, 0.6) is 0 Å². The fourth-order valence-electron chi connectivity index (χ4n) is 0.458. The Balaban J connectivity index is 2.69. The Morgan fingerprint density at radius 1 is 1.89 bits per heavy atom. The molecule has 0 fully saturated rings. The lowest BCUT2D eigenvalue weighted by atomic mass is 10.5. The van der Waals surface area contributed by atoms with Crippen molar-refractivity contribution < 1.29 is 4.79 Å². The van der Waals surface area contributed by atoms with Crippen molar-refractivity contribution in [2.45, 2.75) is 0 Å². The number of carbonyl (C=O) groups excluding carboxylic acids is 1. The number of nitrogens with zero attached hydrogens (tertiary/aromatic N) is 1. The lowest BCUT2D eigenvalue weighted by Crippen LogP contribution is -2.13. The van der Waals surface area contributed by atoms with E-state index in [1.165, 1.54) is 11.8 Å². The van der Waals surface area contributed by atoms with Crippen molar-refractivity contribution in [2.75, 3.05) is 5.75 Å². The third-order valence-electron chi connectivity index (χ3n) is 0.849. The van der Waals surface area contributed by atoms with Crippen LogP contribution in [0.15, 0.2) is 16.1 Å². The lowest BCUT2D eigenvalue weighted by molar-refractivity contribution is -0.114. The molecule has 0 saturated heterocycles. The van der Waals surface area contributed by atoms with E-state index >= 15 is 0 Å². The molecule has 0 aromatic rings. The van der Waals surface area contributed by atoms with E-state index in [9.17, 15) is 4.79 Å². The Morgan fingerprint density at radius 3 is 3.00 bits per heavy atom. The van der Waals surface area contributed by atoms with Gasteiger partial charge < -0.3 is 5.73 Å². The summed E-state index contributed by atoms with van der Waals surface area (Å²) < 4.78 is 0. The van der Waals surface area contributed by atoms with Gasteiger partial charge in [0.2, 0.25) is 0 Å². The Labute approximate surface area is 57.0 Å². The second kappa shape index (κ2) is 2.68. The third-order valence-corrected chi connectivity index (χ3v) is 1.58. The van der Waals surface area contributed by atoms with Crippen molar-refractivity contribution in [3.63, 3.8) is 0 Å². The zero-order chi connectivity index (χ0) is 6.69. The van der Waals surface area contributed by atoms with Crippen LogP contribution in [-0.2, 0) is 4.79 Å². The van der Waals surface area contributed by atoms with Gasteiger partial charge in [-0.15, -0.1) is 11.8 Å². The number of nitrogens with two attached hydrogens (primary N) is 1. The molecule has 0 bridgehead atoms. The number of primary amides is 1. The van der Waals surface area contributed by atoms with Crippen molar-refractivity contribution in [2.24, 2.45) is 10.7 Å². The fourth-order valence-corrected chi connectivity index (χ4v) is 1.05. The molecule has 0 saturated carbocycles. The van der Waals surface area contributed by atoms with Gasteiger partial charge >= 0.3 is 0 Å². The first-order valence-electron chi connectivity index (χ1n) is 2.45. The highest BCUT2D eigenvalue weighted by molar-refractivity contribution is 8.02. The summed E-state index contributed by atoms with van der Waals surface area (Å²) in [5.74, 6) is 0.370. The average molecular weight is 142 g/mol. The molecule has 1 amide bonds. The Morgan fingerprint density at radius 2 is 2.67 bits per heavy atom. The molecule has 0 spiro atoms.